The Morgan fingerprint density at radius 3 is 2.81 bits per heavy atom. The molecule has 2 fully saturated rings. The average molecular weight is 239 g/mol. The first kappa shape index (κ1) is 10.4. The van der Waals surface area contributed by atoms with E-state index in [1.165, 1.54) is 11.3 Å². The number of hydrogen-bond acceptors (Lipinski definition) is 5. The maximum Gasteiger partial charge on any atom is 0.194 e. The van der Waals surface area contributed by atoms with Gasteiger partial charge in [0.1, 0.15) is 0 Å². The molecule has 86 valence electrons. The zero-order valence-electron chi connectivity index (χ0n) is 9.01. The molecular weight excluding hydrogens is 226 g/mol. The number of nitrogens with zero attached hydrogens (tertiary/aromatic N) is 1. The van der Waals surface area contributed by atoms with Crippen molar-refractivity contribution in [3.8, 4) is 0 Å². The Bertz CT molecular complexity index is 411. The first-order chi connectivity index (χ1) is 7.75. The molecule has 16 heavy (non-hydrogen) atoms. The zero-order chi connectivity index (χ0) is 11.1. The van der Waals surface area contributed by atoms with Crippen molar-refractivity contribution in [3.05, 3.63) is 16.1 Å². The average Bonchev–Trinajstić information content (AvgIpc) is 2.82. The molecule has 0 bridgehead atoms. The van der Waals surface area contributed by atoms with E-state index >= 15 is 0 Å². The van der Waals surface area contributed by atoms with E-state index in [0.717, 1.165) is 11.3 Å². The van der Waals surface area contributed by atoms with E-state index in [2.05, 4.69) is 11.9 Å². The lowest BCUT2D eigenvalue weighted by atomic mass is 10.2. The molecule has 0 N–H and O–H groups in total. The normalized spacial score (nSPS) is 29.6. The second-order valence-electron chi connectivity index (χ2n) is 4.33. The van der Waals surface area contributed by atoms with Crippen molar-refractivity contribution in [1.82, 2.24) is 4.98 Å². The summed E-state index contributed by atoms with van der Waals surface area (Å²) in [5.74, 6) is 0.907. The van der Waals surface area contributed by atoms with Gasteiger partial charge in [0.05, 0.1) is 18.1 Å². The summed E-state index contributed by atoms with van der Waals surface area (Å²) in [6, 6.07) is 0. The number of carbonyl (C=O) groups is 1. The summed E-state index contributed by atoms with van der Waals surface area (Å²) in [5.41, 5.74) is 0. The van der Waals surface area contributed by atoms with Gasteiger partial charge in [0.15, 0.2) is 17.1 Å². The fraction of sp³-hybridized carbons (Fsp3) is 0.636. The van der Waals surface area contributed by atoms with Gasteiger partial charge in [-0.15, -0.1) is 11.3 Å². The number of thiazole rings is 1. The lowest BCUT2D eigenvalue weighted by molar-refractivity contribution is -0.0414. The topological polar surface area (TPSA) is 48.4 Å². The van der Waals surface area contributed by atoms with Crippen molar-refractivity contribution in [2.75, 3.05) is 13.2 Å². The second-order valence-corrected chi connectivity index (χ2v) is 5.39. The molecule has 4 nitrogen and oxygen atoms in total. The molecule has 0 radical (unpaired) electrons. The van der Waals surface area contributed by atoms with Crippen LogP contribution in [0.25, 0.3) is 0 Å². The Kier molecular flexibility index (Phi) is 2.53. The molecule has 0 amide bonds. The molecule has 1 aliphatic heterocycles. The van der Waals surface area contributed by atoms with Crippen molar-refractivity contribution in [3.63, 3.8) is 0 Å². The number of Topliss-reactive ketones (excluding diaryl/α,β-unsaturated/α-hetero) is 1. The van der Waals surface area contributed by atoms with E-state index < -0.39 is 0 Å². The zero-order valence-corrected chi connectivity index (χ0v) is 9.83. The number of carbonyl (C=O) groups excluding carboxylic acids is 1. The highest BCUT2D eigenvalue weighted by Gasteiger charge is 2.40. The van der Waals surface area contributed by atoms with Crippen LogP contribution >= 0.6 is 11.3 Å². The van der Waals surface area contributed by atoms with Crippen LogP contribution in [0.2, 0.25) is 0 Å². The molecule has 3 rings (SSSR count). The molecule has 2 heterocycles. The minimum absolute atomic E-state index is 0.182. The molecule has 1 aliphatic carbocycles. The number of hydrogen-bond donors (Lipinski definition) is 0. The van der Waals surface area contributed by atoms with Crippen molar-refractivity contribution in [2.24, 2.45) is 11.8 Å². The van der Waals surface area contributed by atoms with Crippen LogP contribution in [0.15, 0.2) is 6.20 Å². The van der Waals surface area contributed by atoms with Gasteiger partial charge in [-0.1, -0.05) is 6.92 Å². The molecule has 1 aromatic heterocycles. The Morgan fingerprint density at radius 2 is 2.19 bits per heavy atom. The predicted molar refractivity (Wildman–Crippen MR) is 58.4 cm³/mol. The maximum atomic E-state index is 11.9. The fourth-order valence-corrected chi connectivity index (χ4v) is 2.80. The van der Waals surface area contributed by atoms with Gasteiger partial charge in [0.25, 0.3) is 0 Å². The van der Waals surface area contributed by atoms with Gasteiger partial charge in [0, 0.05) is 12.1 Å². The monoisotopic (exact) mass is 239 g/mol. The number of ketones is 1. The second kappa shape index (κ2) is 3.91. The van der Waals surface area contributed by atoms with Crippen LogP contribution in [0.3, 0.4) is 0 Å². The molecule has 2 atom stereocenters. The van der Waals surface area contributed by atoms with Gasteiger partial charge in [-0.25, -0.2) is 4.98 Å². The van der Waals surface area contributed by atoms with E-state index in [1.54, 1.807) is 6.20 Å². The van der Waals surface area contributed by atoms with E-state index in [4.69, 9.17) is 9.47 Å². The summed E-state index contributed by atoms with van der Waals surface area (Å²) < 4.78 is 10.7. The van der Waals surface area contributed by atoms with Gasteiger partial charge >= 0.3 is 0 Å². The lowest BCUT2D eigenvalue weighted by Crippen LogP contribution is -2.01. The van der Waals surface area contributed by atoms with Crippen molar-refractivity contribution < 1.29 is 14.3 Å². The van der Waals surface area contributed by atoms with Crippen LogP contribution in [0.1, 0.15) is 34.3 Å². The first-order valence-electron chi connectivity index (χ1n) is 5.49. The Balaban J connectivity index is 1.74. The molecule has 1 aromatic rings. The molecule has 2 aliphatic rings. The third-order valence-electron chi connectivity index (χ3n) is 3.03. The van der Waals surface area contributed by atoms with Crippen LogP contribution in [0, 0.1) is 11.8 Å². The van der Waals surface area contributed by atoms with Crippen molar-refractivity contribution in [1.29, 1.82) is 0 Å². The van der Waals surface area contributed by atoms with E-state index in [9.17, 15) is 4.79 Å². The van der Waals surface area contributed by atoms with Gasteiger partial charge < -0.3 is 9.47 Å². The van der Waals surface area contributed by atoms with Crippen LogP contribution in [-0.2, 0) is 9.47 Å². The minimum atomic E-state index is -0.310. The number of aromatic nitrogens is 1. The van der Waals surface area contributed by atoms with E-state index in [1.807, 2.05) is 0 Å². The fourth-order valence-electron chi connectivity index (χ4n) is 1.88. The lowest BCUT2D eigenvalue weighted by Gasteiger charge is -2.03. The summed E-state index contributed by atoms with van der Waals surface area (Å²) in [7, 11) is 0. The summed E-state index contributed by atoms with van der Waals surface area (Å²) in [5, 5.41) is 0.600. The third-order valence-corrected chi connectivity index (χ3v) is 4.07. The van der Waals surface area contributed by atoms with Crippen LogP contribution < -0.4 is 0 Å². The SMILES string of the molecule is CC1CC1C(=O)c1ncc(C2OCCO2)s1. The molecule has 1 saturated carbocycles. The Labute approximate surface area is 97.6 Å². The Hall–Kier alpha value is -0.780. The number of rotatable bonds is 3. The molecular formula is C11H13NO3S. The highest BCUT2D eigenvalue weighted by molar-refractivity contribution is 7.13. The molecule has 0 aromatic carbocycles. The summed E-state index contributed by atoms with van der Waals surface area (Å²) in [4.78, 5) is 17.0. The summed E-state index contributed by atoms with van der Waals surface area (Å²) in [6.45, 7) is 3.33. The van der Waals surface area contributed by atoms with Crippen molar-refractivity contribution in [2.45, 2.75) is 19.6 Å². The standard InChI is InChI=1S/C11H13NO3S/c1-6-4-7(6)9(13)10-12-5-8(16-10)11-14-2-3-15-11/h5-7,11H,2-4H2,1H3. The third kappa shape index (κ3) is 1.79. The predicted octanol–water partition coefficient (Wildman–Crippen LogP) is 2.03. The molecule has 1 saturated heterocycles. The Morgan fingerprint density at radius 1 is 1.50 bits per heavy atom. The van der Waals surface area contributed by atoms with Gasteiger partial charge in [0.2, 0.25) is 0 Å². The summed E-state index contributed by atoms with van der Waals surface area (Å²) in [6.07, 6.45) is 2.39. The molecule has 0 spiro atoms. The number of ether oxygens (including phenoxy) is 2. The molecule has 2 unspecified atom stereocenters. The van der Waals surface area contributed by atoms with Gasteiger partial charge in [-0.05, 0) is 12.3 Å². The highest BCUT2D eigenvalue weighted by Crippen LogP contribution is 2.41. The van der Waals surface area contributed by atoms with E-state index in [0.29, 0.717) is 24.1 Å². The highest BCUT2D eigenvalue weighted by atomic mass is 32.1. The molecule has 5 heteroatoms. The van der Waals surface area contributed by atoms with Gasteiger partial charge in [-0.2, -0.15) is 0 Å². The van der Waals surface area contributed by atoms with E-state index in [-0.39, 0.29) is 18.0 Å². The largest absolute Gasteiger partial charge is 0.345 e. The summed E-state index contributed by atoms with van der Waals surface area (Å²) >= 11 is 1.40. The van der Waals surface area contributed by atoms with Crippen LogP contribution in [-0.4, -0.2) is 24.0 Å². The smallest absolute Gasteiger partial charge is 0.194 e. The van der Waals surface area contributed by atoms with Gasteiger partial charge in [-0.3, -0.25) is 4.79 Å². The van der Waals surface area contributed by atoms with Crippen LogP contribution in [0.5, 0.6) is 0 Å². The van der Waals surface area contributed by atoms with Crippen molar-refractivity contribution >= 4 is 17.1 Å². The minimum Gasteiger partial charge on any atom is -0.345 e. The quantitative estimate of drug-likeness (QED) is 0.757. The first-order valence-corrected chi connectivity index (χ1v) is 6.30. The maximum absolute atomic E-state index is 11.9. The van der Waals surface area contributed by atoms with Crippen LogP contribution in [0.4, 0.5) is 0 Å².